The van der Waals surface area contributed by atoms with E-state index in [-0.39, 0.29) is 17.6 Å². The number of amides is 1. The highest BCUT2D eigenvalue weighted by molar-refractivity contribution is 5.82. The Hall–Kier alpha value is -1.95. The lowest BCUT2D eigenvalue weighted by Gasteiger charge is -2.22. The smallest absolute Gasteiger partial charge is 0.269 e. The van der Waals surface area contributed by atoms with Gasteiger partial charge in [-0.2, -0.15) is 0 Å². The zero-order chi connectivity index (χ0) is 13.0. The van der Waals surface area contributed by atoms with Gasteiger partial charge in [0.1, 0.15) is 0 Å². The minimum absolute atomic E-state index is 0.0307. The number of rotatable bonds is 4. The fourth-order valence-electron chi connectivity index (χ4n) is 1.94. The van der Waals surface area contributed by atoms with E-state index in [0.717, 1.165) is 24.9 Å². The summed E-state index contributed by atoms with van der Waals surface area (Å²) in [7, 11) is 0. The van der Waals surface area contributed by atoms with Crippen molar-refractivity contribution in [3.05, 3.63) is 39.9 Å². The van der Waals surface area contributed by atoms with Crippen LogP contribution in [0.5, 0.6) is 0 Å². The summed E-state index contributed by atoms with van der Waals surface area (Å²) >= 11 is 0. The molecule has 6 nitrogen and oxygen atoms in total. The van der Waals surface area contributed by atoms with Crippen LogP contribution in [-0.4, -0.2) is 23.4 Å². The molecule has 96 valence electrons. The maximum atomic E-state index is 11.5. The summed E-state index contributed by atoms with van der Waals surface area (Å²) in [6, 6.07) is 6.18. The van der Waals surface area contributed by atoms with E-state index in [1.807, 2.05) is 0 Å². The number of nitro groups is 1. The Balaban J connectivity index is 1.89. The first-order chi connectivity index (χ1) is 8.66. The van der Waals surface area contributed by atoms with Crippen LogP contribution in [0.25, 0.3) is 0 Å². The minimum Gasteiger partial charge on any atom is -0.355 e. The predicted molar refractivity (Wildman–Crippen MR) is 66.0 cm³/mol. The van der Waals surface area contributed by atoms with Gasteiger partial charge in [-0.1, -0.05) is 12.1 Å². The summed E-state index contributed by atoms with van der Waals surface area (Å²) in [4.78, 5) is 21.6. The molecule has 18 heavy (non-hydrogen) atoms. The monoisotopic (exact) mass is 249 g/mol. The Kier molecular flexibility index (Phi) is 3.88. The second kappa shape index (κ2) is 5.59. The molecule has 0 aromatic heterocycles. The topological polar surface area (TPSA) is 84.3 Å². The number of hydrogen-bond acceptors (Lipinski definition) is 4. The average molecular weight is 249 g/mol. The van der Waals surface area contributed by atoms with E-state index >= 15 is 0 Å². The summed E-state index contributed by atoms with van der Waals surface area (Å²) in [6.07, 6.45) is 1.81. The molecule has 1 aromatic carbocycles. The lowest BCUT2D eigenvalue weighted by molar-refractivity contribution is -0.384. The van der Waals surface area contributed by atoms with Crippen molar-refractivity contribution >= 4 is 11.6 Å². The fraction of sp³-hybridized carbons (Fsp3) is 0.417. The Morgan fingerprint density at radius 3 is 2.72 bits per heavy atom. The van der Waals surface area contributed by atoms with Crippen molar-refractivity contribution in [3.8, 4) is 0 Å². The highest BCUT2D eigenvalue weighted by atomic mass is 16.6. The molecule has 0 radical (unpaired) electrons. The highest BCUT2D eigenvalue weighted by Gasteiger charge is 2.20. The molecule has 1 unspecified atom stereocenters. The molecule has 1 saturated heterocycles. The molecule has 2 N–H and O–H groups in total. The number of benzene rings is 1. The van der Waals surface area contributed by atoms with Crippen LogP contribution >= 0.6 is 0 Å². The van der Waals surface area contributed by atoms with Crippen molar-refractivity contribution < 1.29 is 9.72 Å². The lowest BCUT2D eigenvalue weighted by atomic mass is 10.1. The van der Waals surface area contributed by atoms with Crippen molar-refractivity contribution in [2.45, 2.75) is 25.4 Å². The third-order valence-corrected chi connectivity index (χ3v) is 2.99. The molecule has 1 heterocycles. The third kappa shape index (κ3) is 3.04. The van der Waals surface area contributed by atoms with Crippen LogP contribution in [0.1, 0.15) is 18.4 Å². The van der Waals surface area contributed by atoms with Crippen LogP contribution in [0.3, 0.4) is 0 Å². The number of hydrogen-bond donors (Lipinski definition) is 2. The molecule has 1 fully saturated rings. The van der Waals surface area contributed by atoms with Crippen molar-refractivity contribution in [2.24, 2.45) is 0 Å². The second-order valence-corrected chi connectivity index (χ2v) is 4.29. The lowest BCUT2D eigenvalue weighted by Crippen LogP contribution is -2.47. The number of non-ortho nitro benzene ring substituents is 1. The molecule has 1 aromatic rings. The first-order valence-corrected chi connectivity index (χ1v) is 5.91. The Morgan fingerprint density at radius 2 is 2.11 bits per heavy atom. The van der Waals surface area contributed by atoms with Crippen LogP contribution in [0.15, 0.2) is 24.3 Å². The van der Waals surface area contributed by atoms with Gasteiger partial charge in [-0.3, -0.25) is 14.9 Å². The molecular weight excluding hydrogens is 234 g/mol. The molecule has 1 amide bonds. The number of nitrogens with zero attached hydrogens (tertiary/aromatic N) is 1. The first-order valence-electron chi connectivity index (χ1n) is 5.91. The maximum Gasteiger partial charge on any atom is 0.269 e. The van der Waals surface area contributed by atoms with Gasteiger partial charge < -0.3 is 10.6 Å². The first kappa shape index (κ1) is 12.5. The normalized spacial score (nSPS) is 19.3. The van der Waals surface area contributed by atoms with E-state index in [0.29, 0.717) is 6.54 Å². The van der Waals surface area contributed by atoms with E-state index in [1.54, 1.807) is 12.1 Å². The Morgan fingerprint density at radius 1 is 1.39 bits per heavy atom. The third-order valence-electron chi connectivity index (χ3n) is 2.99. The van der Waals surface area contributed by atoms with Crippen molar-refractivity contribution in [2.75, 3.05) is 6.54 Å². The van der Waals surface area contributed by atoms with Gasteiger partial charge >= 0.3 is 0 Å². The number of carbonyl (C=O) groups is 1. The van der Waals surface area contributed by atoms with Crippen LogP contribution in [-0.2, 0) is 11.3 Å². The minimum atomic E-state index is -0.425. The van der Waals surface area contributed by atoms with Gasteiger partial charge in [0.25, 0.3) is 5.69 Å². The summed E-state index contributed by atoms with van der Waals surface area (Å²) in [6.45, 7) is 1.28. The fourth-order valence-corrected chi connectivity index (χ4v) is 1.94. The summed E-state index contributed by atoms with van der Waals surface area (Å²) in [5.41, 5.74) is 1.01. The van der Waals surface area contributed by atoms with Gasteiger partial charge in [-0.05, 0) is 18.4 Å². The zero-order valence-corrected chi connectivity index (χ0v) is 9.89. The molecule has 2 rings (SSSR count). The van der Waals surface area contributed by atoms with E-state index in [9.17, 15) is 14.9 Å². The Labute approximate surface area is 105 Å². The SMILES string of the molecule is O=C1NCCCC1NCc1ccc([N+](=O)[O-])cc1. The van der Waals surface area contributed by atoms with Gasteiger partial charge in [0.2, 0.25) is 5.91 Å². The number of nitro benzene ring substituents is 1. The summed E-state index contributed by atoms with van der Waals surface area (Å²) < 4.78 is 0. The summed E-state index contributed by atoms with van der Waals surface area (Å²) in [5, 5.41) is 16.5. The van der Waals surface area contributed by atoms with Crippen molar-refractivity contribution in [1.82, 2.24) is 10.6 Å². The number of piperidine rings is 1. The molecular formula is C12H15N3O3. The van der Waals surface area contributed by atoms with Crippen molar-refractivity contribution in [1.29, 1.82) is 0 Å². The average Bonchev–Trinajstić information content (AvgIpc) is 2.38. The zero-order valence-electron chi connectivity index (χ0n) is 9.89. The van der Waals surface area contributed by atoms with E-state index in [2.05, 4.69) is 10.6 Å². The molecule has 1 aliphatic rings. The molecule has 0 saturated carbocycles. The van der Waals surface area contributed by atoms with Gasteiger partial charge in [-0.25, -0.2) is 0 Å². The molecule has 6 heteroatoms. The molecule has 1 atom stereocenters. The highest BCUT2D eigenvalue weighted by Crippen LogP contribution is 2.12. The van der Waals surface area contributed by atoms with E-state index in [1.165, 1.54) is 12.1 Å². The van der Waals surface area contributed by atoms with E-state index in [4.69, 9.17) is 0 Å². The number of nitrogens with one attached hydrogen (secondary N) is 2. The van der Waals surface area contributed by atoms with Crippen LogP contribution in [0.2, 0.25) is 0 Å². The largest absolute Gasteiger partial charge is 0.355 e. The molecule has 0 bridgehead atoms. The van der Waals surface area contributed by atoms with Gasteiger partial charge in [0.15, 0.2) is 0 Å². The van der Waals surface area contributed by atoms with Crippen LogP contribution < -0.4 is 10.6 Å². The van der Waals surface area contributed by atoms with Crippen LogP contribution in [0.4, 0.5) is 5.69 Å². The quantitative estimate of drug-likeness (QED) is 0.615. The molecule has 1 aliphatic heterocycles. The van der Waals surface area contributed by atoms with Crippen LogP contribution in [0, 0.1) is 10.1 Å². The Bertz CT molecular complexity index is 444. The summed E-state index contributed by atoms with van der Waals surface area (Å²) in [5.74, 6) is 0.0307. The second-order valence-electron chi connectivity index (χ2n) is 4.29. The van der Waals surface area contributed by atoms with Gasteiger partial charge in [0.05, 0.1) is 11.0 Å². The predicted octanol–water partition coefficient (Wildman–Crippen LogP) is 0.963. The maximum absolute atomic E-state index is 11.5. The van der Waals surface area contributed by atoms with E-state index < -0.39 is 4.92 Å². The van der Waals surface area contributed by atoms with Crippen molar-refractivity contribution in [3.63, 3.8) is 0 Å². The molecule has 0 aliphatic carbocycles. The standard InChI is InChI=1S/C12H15N3O3/c16-12-11(2-1-7-13-12)14-8-9-3-5-10(6-4-9)15(17)18/h3-6,11,14H,1-2,7-8H2,(H,13,16). The van der Waals surface area contributed by atoms with Gasteiger partial charge in [0, 0.05) is 25.2 Å². The number of carbonyl (C=O) groups excluding carboxylic acids is 1. The molecule has 0 spiro atoms. The van der Waals surface area contributed by atoms with Gasteiger partial charge in [-0.15, -0.1) is 0 Å².